The zero-order valence-electron chi connectivity index (χ0n) is 22.8. The highest BCUT2D eigenvalue weighted by Crippen LogP contribution is 2.32. The molecule has 212 valence electrons. The molecule has 8 heteroatoms. The van der Waals surface area contributed by atoms with Crippen LogP contribution in [0.1, 0.15) is 30.5 Å². The molecule has 1 saturated heterocycles. The summed E-state index contributed by atoms with van der Waals surface area (Å²) in [6.07, 6.45) is -3.17. The Morgan fingerprint density at radius 2 is 1.15 bits per heavy atom. The second-order valence-electron chi connectivity index (χ2n) is 9.60. The van der Waals surface area contributed by atoms with Crippen molar-refractivity contribution in [2.24, 2.45) is 0 Å². The highest BCUT2D eigenvalue weighted by Gasteiger charge is 2.50. The van der Waals surface area contributed by atoms with Gasteiger partial charge < -0.3 is 28.4 Å². The Balaban J connectivity index is 1.60. The van der Waals surface area contributed by atoms with Gasteiger partial charge >= 0.3 is 11.9 Å². The van der Waals surface area contributed by atoms with E-state index in [0.29, 0.717) is 13.2 Å². The molecule has 0 aliphatic carbocycles. The fraction of sp³-hybridized carbons (Fsp3) is 0.375. The molecule has 5 atom stereocenters. The third kappa shape index (κ3) is 8.99. The predicted molar refractivity (Wildman–Crippen MR) is 147 cm³/mol. The van der Waals surface area contributed by atoms with E-state index in [-0.39, 0.29) is 19.8 Å². The summed E-state index contributed by atoms with van der Waals surface area (Å²) in [5.74, 6) is -0.853. The Morgan fingerprint density at radius 1 is 0.675 bits per heavy atom. The van der Waals surface area contributed by atoms with Crippen molar-refractivity contribution >= 4 is 11.9 Å². The Kier molecular flexibility index (Phi) is 11.2. The van der Waals surface area contributed by atoms with Crippen LogP contribution in [-0.2, 0) is 57.8 Å². The average molecular weight is 549 g/mol. The minimum atomic E-state index is -0.673. The van der Waals surface area contributed by atoms with Crippen LogP contribution in [0, 0.1) is 0 Å². The predicted octanol–water partition coefficient (Wildman–Crippen LogP) is 4.64. The molecule has 3 aromatic rings. The molecule has 0 aromatic heterocycles. The van der Waals surface area contributed by atoms with Crippen LogP contribution < -0.4 is 0 Å². The van der Waals surface area contributed by atoms with Gasteiger partial charge in [0.25, 0.3) is 0 Å². The van der Waals surface area contributed by atoms with E-state index in [4.69, 9.17) is 28.4 Å². The largest absolute Gasteiger partial charge is 0.463 e. The number of esters is 2. The van der Waals surface area contributed by atoms with Crippen molar-refractivity contribution in [3.8, 4) is 0 Å². The molecule has 0 spiro atoms. The molecule has 0 N–H and O–H groups in total. The molecule has 0 bridgehead atoms. The number of hydrogen-bond acceptors (Lipinski definition) is 8. The summed E-state index contributed by atoms with van der Waals surface area (Å²) < 4.78 is 36.3. The first-order valence-corrected chi connectivity index (χ1v) is 13.4. The van der Waals surface area contributed by atoms with Crippen molar-refractivity contribution in [1.82, 2.24) is 0 Å². The van der Waals surface area contributed by atoms with Crippen molar-refractivity contribution in [2.45, 2.75) is 64.2 Å². The van der Waals surface area contributed by atoms with Crippen molar-refractivity contribution in [2.75, 3.05) is 13.2 Å². The van der Waals surface area contributed by atoms with E-state index in [1.807, 2.05) is 91.0 Å². The van der Waals surface area contributed by atoms with Crippen LogP contribution in [-0.4, -0.2) is 55.7 Å². The number of benzene rings is 3. The van der Waals surface area contributed by atoms with Gasteiger partial charge in [-0.1, -0.05) is 91.0 Å². The van der Waals surface area contributed by atoms with Crippen molar-refractivity contribution < 1.29 is 38.0 Å². The number of ether oxygens (including phenoxy) is 6. The van der Waals surface area contributed by atoms with Gasteiger partial charge in [-0.3, -0.25) is 9.59 Å². The Hall–Kier alpha value is -3.56. The topological polar surface area (TPSA) is 89.5 Å². The van der Waals surface area contributed by atoms with Crippen LogP contribution in [0.25, 0.3) is 0 Å². The molecular weight excluding hydrogens is 512 g/mol. The van der Waals surface area contributed by atoms with E-state index in [9.17, 15) is 9.59 Å². The quantitative estimate of drug-likeness (QED) is 0.269. The van der Waals surface area contributed by atoms with Crippen molar-refractivity contribution in [3.05, 3.63) is 108 Å². The molecule has 0 unspecified atom stereocenters. The highest BCUT2D eigenvalue weighted by molar-refractivity contribution is 5.66. The van der Waals surface area contributed by atoms with Crippen LogP contribution in [0.4, 0.5) is 0 Å². The minimum Gasteiger partial charge on any atom is -0.463 e. The number of hydrogen-bond donors (Lipinski definition) is 0. The second kappa shape index (κ2) is 15.3. The zero-order chi connectivity index (χ0) is 28.2. The summed E-state index contributed by atoms with van der Waals surface area (Å²) in [4.78, 5) is 23.5. The fourth-order valence-electron chi connectivity index (χ4n) is 4.53. The Morgan fingerprint density at radius 3 is 1.65 bits per heavy atom. The standard InChI is InChI=1S/C32H36O8/c1-23(33)35-21-28(37-18-25-12-6-3-7-13-25)31-32(39-20-27-16-10-5-11-17-27)30(29(40-31)22-36-24(2)34)38-19-26-14-8-4-9-15-26/h3-17,28-32H,18-22H2,1-2H3/t28-,29-,30-,31-,32+/m1/s1. The minimum absolute atomic E-state index is 0.0184. The molecule has 3 aromatic carbocycles. The third-order valence-corrected chi connectivity index (χ3v) is 6.49. The summed E-state index contributed by atoms with van der Waals surface area (Å²) in [5.41, 5.74) is 2.92. The zero-order valence-corrected chi connectivity index (χ0v) is 22.8. The maximum Gasteiger partial charge on any atom is 0.302 e. The first-order valence-electron chi connectivity index (χ1n) is 13.4. The first kappa shape index (κ1) is 29.4. The molecule has 0 saturated carbocycles. The SMILES string of the molecule is CC(=O)OC[C@@H](OCc1ccccc1)[C@H]1O[C@H](COC(C)=O)[C@@H](OCc2ccccc2)[C@@H]1OCc1ccccc1. The second-order valence-corrected chi connectivity index (χ2v) is 9.60. The molecule has 1 aliphatic rings. The van der Waals surface area contributed by atoms with Crippen LogP contribution >= 0.6 is 0 Å². The summed E-state index contributed by atoms with van der Waals surface area (Å²) in [7, 11) is 0. The molecule has 1 aliphatic heterocycles. The molecule has 40 heavy (non-hydrogen) atoms. The summed E-state index contributed by atoms with van der Waals surface area (Å²) in [5, 5.41) is 0. The highest BCUT2D eigenvalue weighted by atomic mass is 16.6. The van der Waals surface area contributed by atoms with Crippen LogP contribution in [0.5, 0.6) is 0 Å². The van der Waals surface area contributed by atoms with Gasteiger partial charge in [-0.25, -0.2) is 0 Å². The smallest absolute Gasteiger partial charge is 0.302 e. The van der Waals surface area contributed by atoms with Crippen LogP contribution in [0.2, 0.25) is 0 Å². The molecule has 1 heterocycles. The van der Waals surface area contributed by atoms with E-state index in [2.05, 4.69) is 0 Å². The van der Waals surface area contributed by atoms with E-state index < -0.39 is 42.5 Å². The van der Waals surface area contributed by atoms with Gasteiger partial charge in [-0.05, 0) is 16.7 Å². The fourth-order valence-corrected chi connectivity index (χ4v) is 4.53. The number of carbonyl (C=O) groups excluding carboxylic acids is 2. The molecule has 0 amide bonds. The van der Waals surface area contributed by atoms with Gasteiger partial charge in [-0.2, -0.15) is 0 Å². The normalized spacial score (nSPS) is 21.1. The summed E-state index contributed by atoms with van der Waals surface area (Å²) >= 11 is 0. The van der Waals surface area contributed by atoms with Gasteiger partial charge in [0.05, 0.1) is 19.8 Å². The van der Waals surface area contributed by atoms with E-state index in [0.717, 1.165) is 16.7 Å². The van der Waals surface area contributed by atoms with Crippen LogP contribution in [0.3, 0.4) is 0 Å². The number of rotatable bonds is 14. The van der Waals surface area contributed by atoms with Crippen molar-refractivity contribution in [3.63, 3.8) is 0 Å². The Bertz CT molecular complexity index is 1170. The summed E-state index contributed by atoms with van der Waals surface area (Å²) in [6.45, 7) is 3.53. The maximum absolute atomic E-state index is 11.8. The summed E-state index contributed by atoms with van der Waals surface area (Å²) in [6, 6.07) is 29.3. The molecule has 0 radical (unpaired) electrons. The third-order valence-electron chi connectivity index (χ3n) is 6.49. The van der Waals surface area contributed by atoms with E-state index in [1.54, 1.807) is 0 Å². The Labute approximate surface area is 235 Å². The van der Waals surface area contributed by atoms with Crippen LogP contribution in [0.15, 0.2) is 91.0 Å². The maximum atomic E-state index is 11.8. The lowest BCUT2D eigenvalue weighted by Crippen LogP contribution is -2.45. The van der Waals surface area contributed by atoms with E-state index in [1.165, 1.54) is 13.8 Å². The molecular formula is C32H36O8. The molecule has 8 nitrogen and oxygen atoms in total. The molecule has 4 rings (SSSR count). The first-order chi connectivity index (χ1) is 19.5. The van der Waals surface area contributed by atoms with Gasteiger partial charge in [-0.15, -0.1) is 0 Å². The lowest BCUT2D eigenvalue weighted by molar-refractivity contribution is -0.162. The van der Waals surface area contributed by atoms with Crippen molar-refractivity contribution in [1.29, 1.82) is 0 Å². The lowest BCUT2D eigenvalue weighted by Gasteiger charge is -2.29. The van der Waals surface area contributed by atoms with Gasteiger partial charge in [0.15, 0.2) is 0 Å². The lowest BCUT2D eigenvalue weighted by atomic mass is 10.0. The molecule has 1 fully saturated rings. The average Bonchev–Trinajstić information content (AvgIpc) is 3.32. The monoisotopic (exact) mass is 548 g/mol. The van der Waals surface area contributed by atoms with Gasteiger partial charge in [0.1, 0.15) is 43.7 Å². The van der Waals surface area contributed by atoms with Gasteiger partial charge in [0, 0.05) is 13.8 Å². The van der Waals surface area contributed by atoms with E-state index >= 15 is 0 Å². The van der Waals surface area contributed by atoms with Gasteiger partial charge in [0.2, 0.25) is 0 Å². The number of carbonyl (C=O) groups is 2.